The van der Waals surface area contributed by atoms with Gasteiger partial charge in [0.1, 0.15) is 17.3 Å². The maximum Gasteiger partial charge on any atom is 0.271 e. The van der Waals surface area contributed by atoms with Crippen molar-refractivity contribution in [2.45, 2.75) is 19.8 Å². The molecule has 0 fully saturated rings. The zero-order valence-corrected chi connectivity index (χ0v) is 13.4. The lowest BCUT2D eigenvalue weighted by atomic mass is 10.1. The third-order valence-electron chi connectivity index (χ3n) is 3.72. The van der Waals surface area contributed by atoms with Crippen molar-refractivity contribution >= 4 is 28.9 Å². The van der Waals surface area contributed by atoms with Crippen LogP contribution in [-0.2, 0) is 9.59 Å². The van der Waals surface area contributed by atoms with E-state index in [4.69, 9.17) is 0 Å². The molecule has 7 heteroatoms. The number of hydrazone groups is 1. The molecule has 0 spiro atoms. The number of halogens is 2. The minimum Gasteiger partial charge on any atom is -0.318 e. The normalized spacial score (nSPS) is 14.3. The summed E-state index contributed by atoms with van der Waals surface area (Å²) in [6, 6.07) is 10.0. The second kappa shape index (κ2) is 6.80. The molecule has 5 nitrogen and oxygen atoms in total. The summed E-state index contributed by atoms with van der Waals surface area (Å²) < 4.78 is 26.6. The van der Waals surface area contributed by atoms with Crippen molar-refractivity contribution in [1.82, 2.24) is 0 Å². The van der Waals surface area contributed by atoms with Crippen molar-refractivity contribution in [1.29, 1.82) is 0 Å². The van der Waals surface area contributed by atoms with Crippen molar-refractivity contribution in [3.8, 4) is 0 Å². The molecule has 2 amide bonds. The van der Waals surface area contributed by atoms with Crippen molar-refractivity contribution in [3.05, 3.63) is 59.7 Å². The van der Waals surface area contributed by atoms with E-state index in [0.29, 0.717) is 11.8 Å². The Morgan fingerprint density at radius 1 is 1.16 bits per heavy atom. The number of carbonyl (C=O) groups excluding carboxylic acids is 2. The Balaban J connectivity index is 1.84. The highest BCUT2D eigenvalue weighted by Crippen LogP contribution is 2.22. The fourth-order valence-corrected chi connectivity index (χ4v) is 2.46. The third-order valence-corrected chi connectivity index (χ3v) is 3.72. The summed E-state index contributed by atoms with van der Waals surface area (Å²) in [7, 11) is 0. The van der Waals surface area contributed by atoms with Crippen LogP contribution in [0, 0.1) is 18.6 Å². The van der Waals surface area contributed by atoms with Crippen LogP contribution in [0.4, 0.5) is 20.2 Å². The molecule has 0 saturated heterocycles. The summed E-state index contributed by atoms with van der Waals surface area (Å²) in [5.74, 6) is -2.47. The van der Waals surface area contributed by atoms with Crippen LogP contribution in [0.25, 0.3) is 0 Å². The van der Waals surface area contributed by atoms with E-state index in [1.807, 2.05) is 13.0 Å². The summed E-state index contributed by atoms with van der Waals surface area (Å²) >= 11 is 0. The van der Waals surface area contributed by atoms with Crippen molar-refractivity contribution < 1.29 is 18.4 Å². The fourth-order valence-electron chi connectivity index (χ4n) is 2.46. The number of aryl methyl sites for hydroxylation is 1. The molecule has 1 aliphatic rings. The maximum atomic E-state index is 13.7. The number of hydrogen-bond acceptors (Lipinski definition) is 3. The molecule has 0 aromatic heterocycles. The van der Waals surface area contributed by atoms with E-state index in [-0.39, 0.29) is 30.1 Å². The van der Waals surface area contributed by atoms with E-state index in [1.165, 1.54) is 5.01 Å². The lowest BCUT2D eigenvalue weighted by Gasteiger charge is -2.23. The van der Waals surface area contributed by atoms with Crippen molar-refractivity contribution in [3.63, 3.8) is 0 Å². The molecule has 128 valence electrons. The smallest absolute Gasteiger partial charge is 0.271 e. The minimum absolute atomic E-state index is 0.102. The molecule has 25 heavy (non-hydrogen) atoms. The van der Waals surface area contributed by atoms with Crippen molar-refractivity contribution in [2.24, 2.45) is 5.10 Å². The quantitative estimate of drug-likeness (QED) is 0.928. The molecular formula is C18H15F2N3O2. The predicted molar refractivity (Wildman–Crippen MR) is 90.3 cm³/mol. The van der Waals surface area contributed by atoms with E-state index in [1.54, 1.807) is 18.2 Å². The number of benzene rings is 2. The molecule has 1 heterocycles. The minimum atomic E-state index is -0.878. The van der Waals surface area contributed by atoms with Crippen molar-refractivity contribution in [2.75, 3.05) is 10.3 Å². The van der Waals surface area contributed by atoms with E-state index in [9.17, 15) is 18.4 Å². The zero-order valence-electron chi connectivity index (χ0n) is 13.4. The number of nitrogens with zero attached hydrogens (tertiary/aromatic N) is 2. The Bertz CT molecular complexity index is 880. The molecule has 0 radical (unpaired) electrons. The lowest BCUT2D eigenvalue weighted by Crippen LogP contribution is -2.36. The van der Waals surface area contributed by atoms with Gasteiger partial charge in [-0.25, -0.2) is 13.8 Å². The van der Waals surface area contributed by atoms with Gasteiger partial charge in [-0.3, -0.25) is 9.59 Å². The molecule has 2 aromatic carbocycles. The molecule has 3 rings (SSSR count). The van der Waals surface area contributed by atoms with Crippen LogP contribution in [0.5, 0.6) is 0 Å². The Hall–Kier alpha value is -3.09. The summed E-state index contributed by atoms with van der Waals surface area (Å²) in [5, 5.41) is 7.64. The Labute approximate surface area is 143 Å². The van der Waals surface area contributed by atoms with Gasteiger partial charge in [0.15, 0.2) is 0 Å². The standard InChI is InChI=1S/C18H15F2N3O2/c1-11-3-2-4-13(9-11)23-17(24)8-7-16(22-23)18(25)21-15-6-5-12(19)10-14(15)20/h2-6,9-10H,7-8H2,1H3,(H,21,25). The first-order chi connectivity index (χ1) is 11.9. The summed E-state index contributed by atoms with van der Waals surface area (Å²) in [5.41, 5.74) is 1.46. The molecule has 0 aliphatic carbocycles. The van der Waals surface area contributed by atoms with Gasteiger partial charge in [-0.1, -0.05) is 12.1 Å². The number of amides is 2. The van der Waals surface area contributed by atoms with Gasteiger partial charge in [-0.2, -0.15) is 5.10 Å². The van der Waals surface area contributed by atoms with Gasteiger partial charge < -0.3 is 5.32 Å². The molecule has 1 N–H and O–H groups in total. The van der Waals surface area contributed by atoms with E-state index >= 15 is 0 Å². The van der Waals surface area contributed by atoms with Gasteiger partial charge >= 0.3 is 0 Å². The van der Waals surface area contributed by atoms with E-state index in [2.05, 4.69) is 10.4 Å². The van der Waals surface area contributed by atoms with Crippen LogP contribution in [0.2, 0.25) is 0 Å². The molecular weight excluding hydrogens is 328 g/mol. The van der Waals surface area contributed by atoms with Gasteiger partial charge in [-0.05, 0) is 36.8 Å². The summed E-state index contributed by atoms with van der Waals surface area (Å²) in [4.78, 5) is 24.4. The number of carbonyl (C=O) groups is 2. The number of nitrogens with one attached hydrogen (secondary N) is 1. The van der Waals surface area contributed by atoms with Gasteiger partial charge in [0.25, 0.3) is 5.91 Å². The van der Waals surface area contributed by atoms with Gasteiger partial charge in [0.05, 0.1) is 11.4 Å². The number of anilines is 2. The SMILES string of the molecule is Cc1cccc(N2N=C(C(=O)Nc3ccc(F)cc3F)CCC2=O)c1. The highest BCUT2D eigenvalue weighted by Gasteiger charge is 2.26. The molecule has 0 saturated carbocycles. The fraction of sp³-hybridized carbons (Fsp3) is 0.167. The summed E-state index contributed by atoms with van der Waals surface area (Å²) in [6.07, 6.45) is 0.266. The van der Waals surface area contributed by atoms with E-state index in [0.717, 1.165) is 17.7 Å². The second-order valence-electron chi connectivity index (χ2n) is 5.67. The van der Waals surface area contributed by atoms with E-state index < -0.39 is 17.5 Å². The van der Waals surface area contributed by atoms with Crippen LogP contribution in [0.1, 0.15) is 18.4 Å². The highest BCUT2D eigenvalue weighted by atomic mass is 19.1. The average Bonchev–Trinajstić information content (AvgIpc) is 2.57. The molecule has 1 aliphatic heterocycles. The first-order valence-corrected chi connectivity index (χ1v) is 7.67. The lowest BCUT2D eigenvalue weighted by molar-refractivity contribution is -0.118. The number of hydrogen-bond donors (Lipinski definition) is 1. The largest absolute Gasteiger partial charge is 0.318 e. The highest BCUT2D eigenvalue weighted by molar-refractivity contribution is 6.44. The molecule has 2 aromatic rings. The van der Waals surface area contributed by atoms with Crippen LogP contribution >= 0.6 is 0 Å². The monoisotopic (exact) mass is 343 g/mol. The van der Waals surface area contributed by atoms with Crippen LogP contribution in [0.3, 0.4) is 0 Å². The Morgan fingerprint density at radius 3 is 2.68 bits per heavy atom. The van der Waals surface area contributed by atoms with Crippen LogP contribution in [-0.4, -0.2) is 17.5 Å². The van der Waals surface area contributed by atoms with Gasteiger partial charge in [-0.15, -0.1) is 0 Å². The first-order valence-electron chi connectivity index (χ1n) is 7.67. The predicted octanol–water partition coefficient (Wildman–Crippen LogP) is 3.39. The third kappa shape index (κ3) is 3.71. The Morgan fingerprint density at radius 2 is 1.96 bits per heavy atom. The molecule has 0 bridgehead atoms. The second-order valence-corrected chi connectivity index (χ2v) is 5.67. The molecule has 0 atom stereocenters. The maximum absolute atomic E-state index is 13.7. The van der Waals surface area contributed by atoms with Crippen LogP contribution in [0.15, 0.2) is 47.6 Å². The number of rotatable bonds is 3. The topological polar surface area (TPSA) is 61.8 Å². The average molecular weight is 343 g/mol. The first kappa shape index (κ1) is 16.8. The van der Waals surface area contributed by atoms with Crippen LogP contribution < -0.4 is 10.3 Å². The van der Waals surface area contributed by atoms with Gasteiger partial charge in [0, 0.05) is 18.9 Å². The van der Waals surface area contributed by atoms with Gasteiger partial charge in [0.2, 0.25) is 5.91 Å². The summed E-state index contributed by atoms with van der Waals surface area (Å²) in [6.45, 7) is 1.88. The zero-order chi connectivity index (χ0) is 18.0. The Kier molecular flexibility index (Phi) is 4.56. The molecule has 0 unspecified atom stereocenters.